The summed E-state index contributed by atoms with van der Waals surface area (Å²) < 4.78 is 54.1. The van der Waals surface area contributed by atoms with E-state index in [-0.39, 0.29) is 17.5 Å². The highest BCUT2D eigenvalue weighted by atomic mass is 19.4. The lowest BCUT2D eigenvalue weighted by molar-refractivity contribution is -0.139. The number of hydrogen-bond acceptors (Lipinski definition) is 2. The zero-order valence-electron chi connectivity index (χ0n) is 13.7. The second-order valence-electron chi connectivity index (χ2n) is 6.86. The molecule has 0 aromatic heterocycles. The van der Waals surface area contributed by atoms with Crippen molar-refractivity contribution in [2.45, 2.75) is 44.3 Å². The second-order valence-corrected chi connectivity index (χ2v) is 6.86. The van der Waals surface area contributed by atoms with Crippen LogP contribution in [0.4, 0.5) is 17.6 Å². The van der Waals surface area contributed by atoms with Crippen LogP contribution in [0.1, 0.15) is 49.3 Å². The third-order valence-electron chi connectivity index (χ3n) is 5.28. The maximum absolute atomic E-state index is 13.5. The Hall–Kier alpha value is -1.14. The minimum atomic E-state index is -4.53. The molecule has 3 rings (SSSR count). The number of halogens is 4. The smallest absolute Gasteiger partial charge is 0.314 e. The molecule has 1 heterocycles. The second kappa shape index (κ2) is 7.40. The van der Waals surface area contributed by atoms with Gasteiger partial charge in [0.15, 0.2) is 0 Å². The van der Waals surface area contributed by atoms with Crippen molar-refractivity contribution in [3.05, 3.63) is 35.1 Å². The SMILES string of the molecule is Fc1ccc([C@@H](C2CCCCC2)N2CCNCC2)c(C(F)(F)F)c1. The molecule has 1 aromatic rings. The lowest BCUT2D eigenvalue weighted by atomic mass is 9.79. The van der Waals surface area contributed by atoms with Crippen LogP contribution in [0.5, 0.6) is 0 Å². The Morgan fingerprint density at radius 2 is 1.71 bits per heavy atom. The topological polar surface area (TPSA) is 15.3 Å². The first-order valence-electron chi connectivity index (χ1n) is 8.78. The number of benzene rings is 1. The average Bonchev–Trinajstić information content (AvgIpc) is 2.57. The molecule has 2 nitrogen and oxygen atoms in total. The van der Waals surface area contributed by atoms with Gasteiger partial charge in [-0.15, -0.1) is 0 Å². The summed E-state index contributed by atoms with van der Waals surface area (Å²) in [6, 6.07) is 2.92. The molecule has 1 N–H and O–H groups in total. The normalized spacial score (nSPS) is 22.5. The molecule has 1 saturated heterocycles. The van der Waals surface area contributed by atoms with E-state index in [1.54, 1.807) is 0 Å². The molecule has 0 amide bonds. The van der Waals surface area contributed by atoms with E-state index in [4.69, 9.17) is 0 Å². The van der Waals surface area contributed by atoms with Gasteiger partial charge in [-0.2, -0.15) is 13.2 Å². The van der Waals surface area contributed by atoms with Crippen LogP contribution < -0.4 is 5.32 Å². The molecule has 0 unspecified atom stereocenters. The number of rotatable bonds is 3. The molecule has 1 aliphatic heterocycles. The quantitative estimate of drug-likeness (QED) is 0.819. The van der Waals surface area contributed by atoms with Crippen LogP contribution in [0.15, 0.2) is 18.2 Å². The molecule has 0 radical (unpaired) electrons. The highest BCUT2D eigenvalue weighted by Crippen LogP contribution is 2.43. The summed E-state index contributed by atoms with van der Waals surface area (Å²) in [4.78, 5) is 2.16. The summed E-state index contributed by atoms with van der Waals surface area (Å²) in [6.07, 6.45) is 0.650. The maximum Gasteiger partial charge on any atom is 0.416 e. The van der Waals surface area contributed by atoms with E-state index in [0.717, 1.165) is 58.3 Å². The molecule has 1 saturated carbocycles. The van der Waals surface area contributed by atoms with E-state index in [2.05, 4.69) is 10.2 Å². The van der Waals surface area contributed by atoms with Crippen molar-refractivity contribution in [1.29, 1.82) is 0 Å². The summed E-state index contributed by atoms with van der Waals surface area (Å²) >= 11 is 0. The Bertz CT molecular complexity index is 528. The summed E-state index contributed by atoms with van der Waals surface area (Å²) in [5.41, 5.74) is -0.561. The maximum atomic E-state index is 13.5. The van der Waals surface area contributed by atoms with Gasteiger partial charge in [-0.1, -0.05) is 25.3 Å². The van der Waals surface area contributed by atoms with Crippen molar-refractivity contribution < 1.29 is 17.6 Å². The molecule has 134 valence electrons. The zero-order valence-corrected chi connectivity index (χ0v) is 13.7. The molecule has 1 aromatic carbocycles. The molecular formula is C18H24F4N2. The third kappa shape index (κ3) is 3.91. The standard InChI is InChI=1S/C18H24F4N2/c19-14-6-7-15(16(12-14)18(20,21)22)17(13-4-2-1-3-5-13)24-10-8-23-9-11-24/h6-7,12-13,17,23H,1-5,8-11H2/t17-/m1/s1. The van der Waals surface area contributed by atoms with Crippen molar-refractivity contribution in [2.75, 3.05) is 26.2 Å². The van der Waals surface area contributed by atoms with Crippen LogP contribution in [0, 0.1) is 11.7 Å². The first-order valence-corrected chi connectivity index (χ1v) is 8.78. The summed E-state index contributed by atoms with van der Waals surface area (Å²) in [6.45, 7) is 3.03. The van der Waals surface area contributed by atoms with E-state index in [1.807, 2.05) is 0 Å². The Labute approximate surface area is 140 Å². The average molecular weight is 344 g/mol. The van der Waals surface area contributed by atoms with Crippen molar-refractivity contribution >= 4 is 0 Å². The van der Waals surface area contributed by atoms with Gasteiger partial charge in [0.1, 0.15) is 5.82 Å². The minimum absolute atomic E-state index is 0.211. The van der Waals surface area contributed by atoms with E-state index in [1.165, 1.54) is 12.1 Å². The van der Waals surface area contributed by atoms with E-state index >= 15 is 0 Å². The fourth-order valence-electron chi connectivity index (χ4n) is 4.19. The van der Waals surface area contributed by atoms with Crippen LogP contribution in [-0.2, 0) is 6.18 Å². The zero-order chi connectivity index (χ0) is 17.2. The highest BCUT2D eigenvalue weighted by molar-refractivity contribution is 5.34. The number of piperazine rings is 1. The van der Waals surface area contributed by atoms with Crippen molar-refractivity contribution in [3.63, 3.8) is 0 Å². The number of hydrogen-bond donors (Lipinski definition) is 1. The van der Waals surface area contributed by atoms with Gasteiger partial charge in [0.05, 0.1) is 5.56 Å². The summed E-state index contributed by atoms with van der Waals surface area (Å²) in [5, 5.41) is 3.25. The van der Waals surface area contributed by atoms with Crippen molar-refractivity contribution in [2.24, 2.45) is 5.92 Å². The molecule has 0 bridgehead atoms. The minimum Gasteiger partial charge on any atom is -0.314 e. The first kappa shape index (κ1) is 17.7. The molecule has 0 spiro atoms. The lowest BCUT2D eigenvalue weighted by Gasteiger charge is -2.42. The van der Waals surface area contributed by atoms with Crippen LogP contribution in [-0.4, -0.2) is 31.1 Å². The van der Waals surface area contributed by atoms with Crippen molar-refractivity contribution in [3.8, 4) is 0 Å². The lowest BCUT2D eigenvalue weighted by Crippen LogP contribution is -2.47. The van der Waals surface area contributed by atoms with Crippen LogP contribution >= 0.6 is 0 Å². The van der Waals surface area contributed by atoms with Crippen LogP contribution in [0.2, 0.25) is 0 Å². The monoisotopic (exact) mass is 344 g/mol. The molecular weight excluding hydrogens is 320 g/mol. The van der Waals surface area contributed by atoms with Gasteiger partial charge in [0, 0.05) is 32.2 Å². The van der Waals surface area contributed by atoms with Crippen LogP contribution in [0.3, 0.4) is 0 Å². The van der Waals surface area contributed by atoms with Gasteiger partial charge in [-0.3, -0.25) is 4.90 Å². The van der Waals surface area contributed by atoms with Gasteiger partial charge < -0.3 is 5.32 Å². The molecule has 1 aliphatic carbocycles. The fourth-order valence-corrected chi connectivity index (χ4v) is 4.19. The van der Waals surface area contributed by atoms with E-state index in [0.29, 0.717) is 6.07 Å². The largest absolute Gasteiger partial charge is 0.416 e. The number of nitrogens with zero attached hydrogens (tertiary/aromatic N) is 1. The fraction of sp³-hybridized carbons (Fsp3) is 0.667. The Morgan fingerprint density at radius 3 is 2.33 bits per heavy atom. The molecule has 6 heteroatoms. The van der Waals surface area contributed by atoms with Gasteiger partial charge in [0.2, 0.25) is 0 Å². The molecule has 1 atom stereocenters. The predicted molar refractivity (Wildman–Crippen MR) is 85.2 cm³/mol. The molecule has 24 heavy (non-hydrogen) atoms. The van der Waals surface area contributed by atoms with Gasteiger partial charge in [0.25, 0.3) is 0 Å². The Kier molecular flexibility index (Phi) is 5.45. The number of alkyl halides is 3. The summed E-state index contributed by atoms with van der Waals surface area (Å²) in [7, 11) is 0. The Morgan fingerprint density at radius 1 is 1.04 bits per heavy atom. The van der Waals surface area contributed by atoms with E-state index in [9.17, 15) is 17.6 Å². The summed E-state index contributed by atoms with van der Waals surface area (Å²) in [5.74, 6) is -0.614. The predicted octanol–water partition coefficient (Wildman–Crippen LogP) is 4.37. The van der Waals surface area contributed by atoms with Crippen molar-refractivity contribution in [1.82, 2.24) is 10.2 Å². The molecule has 2 aliphatic rings. The van der Waals surface area contributed by atoms with Gasteiger partial charge in [-0.05, 0) is 36.5 Å². The highest BCUT2D eigenvalue weighted by Gasteiger charge is 2.39. The third-order valence-corrected chi connectivity index (χ3v) is 5.28. The van der Waals surface area contributed by atoms with E-state index < -0.39 is 17.6 Å². The number of nitrogens with one attached hydrogen (secondary N) is 1. The first-order chi connectivity index (χ1) is 11.5. The van der Waals surface area contributed by atoms with Crippen LogP contribution in [0.25, 0.3) is 0 Å². The van der Waals surface area contributed by atoms with Gasteiger partial charge in [-0.25, -0.2) is 4.39 Å². The molecule has 2 fully saturated rings. The Balaban J connectivity index is 2.01. The van der Waals surface area contributed by atoms with Gasteiger partial charge >= 0.3 is 6.18 Å².